The van der Waals surface area contributed by atoms with E-state index in [4.69, 9.17) is 13.9 Å². The van der Waals surface area contributed by atoms with Crippen LogP contribution in [-0.4, -0.2) is 16.2 Å². The van der Waals surface area contributed by atoms with Gasteiger partial charge in [-0.3, -0.25) is 0 Å². The Bertz CT molecular complexity index is 522. The van der Waals surface area contributed by atoms with Crippen LogP contribution in [0.4, 0.5) is 0 Å². The second-order valence-electron chi connectivity index (χ2n) is 3.56. The molecule has 0 amide bonds. The average molecular weight is 236 g/mol. The largest absolute Gasteiger partial charge is 0.475 e. The lowest BCUT2D eigenvalue weighted by molar-refractivity contribution is 0.0655. The van der Waals surface area contributed by atoms with Crippen LogP contribution in [0.3, 0.4) is 0 Å². The Morgan fingerprint density at radius 2 is 2.18 bits per heavy atom. The van der Waals surface area contributed by atoms with Crippen molar-refractivity contribution in [3.63, 3.8) is 0 Å². The minimum atomic E-state index is -1.16. The van der Waals surface area contributed by atoms with Gasteiger partial charge in [0, 0.05) is 12.0 Å². The minimum absolute atomic E-state index is 0.193. The zero-order valence-electron chi connectivity index (χ0n) is 9.21. The topological polar surface area (TPSA) is 83.8 Å². The molecule has 5 heteroatoms. The first kappa shape index (κ1) is 11.5. The van der Waals surface area contributed by atoms with Gasteiger partial charge in [0.05, 0.1) is 6.26 Å². The molecule has 0 aliphatic carbocycles. The fourth-order valence-electron chi connectivity index (χ4n) is 1.65. The second kappa shape index (κ2) is 4.47. The molecular weight excluding hydrogens is 224 g/mol. The van der Waals surface area contributed by atoms with Crippen molar-refractivity contribution in [2.45, 2.75) is 19.4 Å². The number of hydrogen-bond acceptors (Lipinski definition) is 4. The van der Waals surface area contributed by atoms with Gasteiger partial charge in [-0.25, -0.2) is 4.79 Å². The van der Waals surface area contributed by atoms with E-state index in [2.05, 4.69) is 0 Å². The highest BCUT2D eigenvalue weighted by molar-refractivity contribution is 5.84. The highest BCUT2D eigenvalue weighted by Crippen LogP contribution is 2.27. The number of furan rings is 2. The van der Waals surface area contributed by atoms with Crippen molar-refractivity contribution in [1.29, 1.82) is 0 Å². The molecule has 0 saturated carbocycles. The van der Waals surface area contributed by atoms with Gasteiger partial charge in [0.25, 0.3) is 0 Å². The van der Waals surface area contributed by atoms with Gasteiger partial charge in [-0.1, -0.05) is 6.92 Å². The zero-order valence-corrected chi connectivity index (χ0v) is 9.21. The van der Waals surface area contributed by atoms with E-state index in [0.29, 0.717) is 17.7 Å². The fraction of sp³-hybridized carbons (Fsp3) is 0.250. The lowest BCUT2D eigenvalue weighted by Gasteiger charge is -2.06. The molecule has 0 bridgehead atoms. The van der Waals surface area contributed by atoms with Crippen molar-refractivity contribution in [2.75, 3.05) is 0 Å². The lowest BCUT2D eigenvalue weighted by atomic mass is 10.1. The number of carboxylic acid groups (broad SMARTS) is 1. The highest BCUT2D eigenvalue weighted by atomic mass is 16.4. The van der Waals surface area contributed by atoms with Crippen LogP contribution in [0.15, 0.2) is 33.3 Å². The summed E-state index contributed by atoms with van der Waals surface area (Å²) in [6.45, 7) is 1.90. The number of aryl methyl sites for hydroxylation is 1. The molecule has 0 aliphatic rings. The zero-order chi connectivity index (χ0) is 12.4. The van der Waals surface area contributed by atoms with Crippen LogP contribution in [0.2, 0.25) is 0 Å². The molecule has 0 aliphatic heterocycles. The molecule has 0 spiro atoms. The Balaban J connectivity index is 2.30. The molecule has 5 nitrogen and oxygen atoms in total. The predicted octanol–water partition coefficient (Wildman–Crippen LogP) is 2.21. The Kier molecular flexibility index (Phi) is 3.01. The Hall–Kier alpha value is -2.01. The smallest absolute Gasteiger partial charge is 0.371 e. The Morgan fingerprint density at radius 1 is 1.41 bits per heavy atom. The number of carboxylic acids is 1. The van der Waals surface area contributed by atoms with E-state index in [9.17, 15) is 9.90 Å². The summed E-state index contributed by atoms with van der Waals surface area (Å²) < 4.78 is 10.2. The van der Waals surface area contributed by atoms with E-state index in [1.807, 2.05) is 6.92 Å². The third-order valence-corrected chi connectivity index (χ3v) is 2.50. The molecule has 0 radical (unpaired) electrons. The van der Waals surface area contributed by atoms with Gasteiger partial charge in [-0.2, -0.15) is 0 Å². The molecule has 2 aromatic rings. The molecule has 2 heterocycles. The van der Waals surface area contributed by atoms with Gasteiger partial charge in [0.2, 0.25) is 5.76 Å². The maximum atomic E-state index is 10.7. The van der Waals surface area contributed by atoms with E-state index < -0.39 is 12.1 Å². The van der Waals surface area contributed by atoms with Gasteiger partial charge in [-0.05, 0) is 18.2 Å². The van der Waals surface area contributed by atoms with Crippen molar-refractivity contribution in [1.82, 2.24) is 0 Å². The Labute approximate surface area is 97.3 Å². The van der Waals surface area contributed by atoms with Gasteiger partial charge < -0.3 is 19.0 Å². The first-order valence-electron chi connectivity index (χ1n) is 5.20. The van der Waals surface area contributed by atoms with Crippen molar-refractivity contribution >= 4 is 5.97 Å². The van der Waals surface area contributed by atoms with Gasteiger partial charge in [-0.15, -0.1) is 0 Å². The summed E-state index contributed by atoms with van der Waals surface area (Å²) in [5.74, 6) is -0.503. The molecular formula is C12H12O5. The normalized spacial score (nSPS) is 12.6. The predicted molar refractivity (Wildman–Crippen MR) is 57.8 cm³/mol. The fourth-order valence-corrected chi connectivity index (χ4v) is 1.65. The monoisotopic (exact) mass is 236 g/mol. The third kappa shape index (κ3) is 2.09. The summed E-state index contributed by atoms with van der Waals surface area (Å²) in [6, 6.07) is 4.40. The van der Waals surface area contributed by atoms with Crippen molar-refractivity contribution in [2.24, 2.45) is 0 Å². The molecule has 1 atom stereocenters. The quantitative estimate of drug-likeness (QED) is 0.850. The molecule has 90 valence electrons. The van der Waals surface area contributed by atoms with E-state index in [0.717, 1.165) is 0 Å². The number of rotatable bonds is 4. The molecule has 2 rings (SSSR count). The molecule has 1 unspecified atom stereocenters. The van der Waals surface area contributed by atoms with Crippen LogP contribution in [0, 0.1) is 0 Å². The van der Waals surface area contributed by atoms with Crippen LogP contribution in [0.25, 0.3) is 0 Å². The summed E-state index contributed by atoms with van der Waals surface area (Å²) in [6.07, 6.45) is 1.13. The standard InChI is InChI=1S/C12H12O5/c1-2-8-7(5-6-16-8)11(13)9-3-4-10(17-9)12(14)15/h3-6,11,13H,2H2,1H3,(H,14,15). The summed E-state index contributed by atoms with van der Waals surface area (Å²) in [5, 5.41) is 18.8. The van der Waals surface area contributed by atoms with Gasteiger partial charge in [0.15, 0.2) is 0 Å². The van der Waals surface area contributed by atoms with Crippen LogP contribution in [-0.2, 0) is 6.42 Å². The molecule has 0 aromatic carbocycles. The summed E-state index contributed by atoms with van der Waals surface area (Å²) in [7, 11) is 0. The molecule has 17 heavy (non-hydrogen) atoms. The lowest BCUT2D eigenvalue weighted by Crippen LogP contribution is -2.00. The summed E-state index contributed by atoms with van der Waals surface area (Å²) in [5.41, 5.74) is 0.596. The number of aromatic carboxylic acids is 1. The first-order valence-corrected chi connectivity index (χ1v) is 5.20. The van der Waals surface area contributed by atoms with E-state index in [1.165, 1.54) is 18.4 Å². The summed E-state index contributed by atoms with van der Waals surface area (Å²) in [4.78, 5) is 10.7. The maximum absolute atomic E-state index is 10.7. The molecule has 2 N–H and O–H groups in total. The van der Waals surface area contributed by atoms with E-state index in [1.54, 1.807) is 6.07 Å². The SMILES string of the molecule is CCc1occc1C(O)c1ccc(C(=O)O)o1. The van der Waals surface area contributed by atoms with Crippen molar-refractivity contribution in [3.05, 3.63) is 47.3 Å². The third-order valence-electron chi connectivity index (χ3n) is 2.50. The van der Waals surface area contributed by atoms with Crippen molar-refractivity contribution in [3.8, 4) is 0 Å². The molecule has 2 aromatic heterocycles. The molecule has 0 saturated heterocycles. The van der Waals surface area contributed by atoms with Gasteiger partial charge in [0.1, 0.15) is 17.6 Å². The molecule has 0 fully saturated rings. The van der Waals surface area contributed by atoms with Crippen LogP contribution in [0.5, 0.6) is 0 Å². The summed E-state index contributed by atoms with van der Waals surface area (Å²) >= 11 is 0. The van der Waals surface area contributed by atoms with Crippen LogP contribution < -0.4 is 0 Å². The second-order valence-corrected chi connectivity index (χ2v) is 3.56. The van der Waals surface area contributed by atoms with E-state index >= 15 is 0 Å². The average Bonchev–Trinajstić information content (AvgIpc) is 2.96. The number of aliphatic hydroxyl groups excluding tert-OH is 1. The number of hydrogen-bond donors (Lipinski definition) is 2. The highest BCUT2D eigenvalue weighted by Gasteiger charge is 2.21. The Morgan fingerprint density at radius 3 is 2.76 bits per heavy atom. The number of aliphatic hydroxyl groups is 1. The number of carbonyl (C=O) groups is 1. The van der Waals surface area contributed by atoms with Crippen LogP contribution in [0.1, 0.15) is 40.7 Å². The maximum Gasteiger partial charge on any atom is 0.371 e. The van der Waals surface area contributed by atoms with Crippen LogP contribution >= 0.6 is 0 Å². The van der Waals surface area contributed by atoms with Gasteiger partial charge >= 0.3 is 5.97 Å². The van der Waals surface area contributed by atoms with Crippen molar-refractivity contribution < 1.29 is 23.8 Å². The first-order chi connectivity index (χ1) is 8.13. The minimum Gasteiger partial charge on any atom is -0.475 e. The van der Waals surface area contributed by atoms with E-state index in [-0.39, 0.29) is 11.5 Å².